The number of hydrogen-bond donors (Lipinski definition) is 1. The summed E-state index contributed by atoms with van der Waals surface area (Å²) in [5.74, 6) is 0. The number of aliphatic hydroxyl groups excluding tert-OH is 1. The van der Waals surface area contributed by atoms with Crippen molar-refractivity contribution in [3.63, 3.8) is 0 Å². The quantitative estimate of drug-likeness (QED) is 0.890. The van der Waals surface area contributed by atoms with Crippen molar-refractivity contribution in [1.29, 1.82) is 0 Å². The van der Waals surface area contributed by atoms with E-state index in [0.717, 1.165) is 38.0 Å². The van der Waals surface area contributed by atoms with Gasteiger partial charge in [0.25, 0.3) is 0 Å². The number of nitrogens with zero attached hydrogens (tertiary/aromatic N) is 1. The number of hydrogen-bond acceptors (Lipinski definition) is 3. The summed E-state index contributed by atoms with van der Waals surface area (Å²) >= 11 is 0. The summed E-state index contributed by atoms with van der Waals surface area (Å²) in [6, 6.07) is 8.83. The molecule has 2 rings (SSSR count). The average Bonchev–Trinajstić information content (AvgIpc) is 2.47. The fourth-order valence-electron chi connectivity index (χ4n) is 2.45. The van der Waals surface area contributed by atoms with Crippen molar-refractivity contribution in [3.05, 3.63) is 29.8 Å². The van der Waals surface area contributed by atoms with Crippen LogP contribution in [0, 0.1) is 0 Å². The van der Waals surface area contributed by atoms with Gasteiger partial charge >= 0.3 is 0 Å². The summed E-state index contributed by atoms with van der Waals surface area (Å²) in [6.45, 7) is 3.72. The molecule has 18 heavy (non-hydrogen) atoms. The van der Waals surface area contributed by atoms with Gasteiger partial charge in [-0.3, -0.25) is 0 Å². The number of aliphatic hydroxyl groups is 1. The Hall–Kier alpha value is -1.06. The molecule has 1 aromatic carbocycles. The van der Waals surface area contributed by atoms with Crippen LogP contribution in [-0.2, 0) is 4.74 Å². The Morgan fingerprint density at radius 2 is 1.89 bits per heavy atom. The van der Waals surface area contributed by atoms with Crippen LogP contribution in [0.1, 0.15) is 37.9 Å². The summed E-state index contributed by atoms with van der Waals surface area (Å²) in [5.41, 5.74) is 2.22. The predicted molar refractivity (Wildman–Crippen MR) is 73.9 cm³/mol. The molecular weight excluding hydrogens is 226 g/mol. The van der Waals surface area contributed by atoms with Crippen LogP contribution in [0.25, 0.3) is 0 Å². The van der Waals surface area contributed by atoms with Crippen LogP contribution in [0.2, 0.25) is 0 Å². The molecular formula is C15H23NO2. The summed E-state index contributed by atoms with van der Waals surface area (Å²) < 4.78 is 5.39. The van der Waals surface area contributed by atoms with Crippen molar-refractivity contribution in [3.8, 4) is 0 Å². The van der Waals surface area contributed by atoms with E-state index in [0.29, 0.717) is 6.04 Å². The van der Waals surface area contributed by atoms with Gasteiger partial charge in [0, 0.05) is 32.0 Å². The molecule has 0 radical (unpaired) electrons. The Kier molecular flexibility index (Phi) is 4.61. The zero-order chi connectivity index (χ0) is 13.0. The molecule has 1 saturated heterocycles. The normalized spacial score (nSPS) is 18.6. The zero-order valence-electron chi connectivity index (χ0n) is 11.3. The van der Waals surface area contributed by atoms with Gasteiger partial charge in [0.2, 0.25) is 0 Å². The van der Waals surface area contributed by atoms with E-state index in [2.05, 4.69) is 24.1 Å². The molecule has 3 nitrogen and oxygen atoms in total. The number of ether oxygens (including phenoxy) is 1. The van der Waals surface area contributed by atoms with Gasteiger partial charge in [0.05, 0.1) is 6.10 Å². The average molecular weight is 249 g/mol. The Morgan fingerprint density at radius 1 is 1.28 bits per heavy atom. The maximum atomic E-state index is 9.78. The second-order valence-corrected chi connectivity index (χ2v) is 4.97. The third kappa shape index (κ3) is 3.03. The highest BCUT2D eigenvalue weighted by Crippen LogP contribution is 2.24. The molecule has 1 N–H and O–H groups in total. The van der Waals surface area contributed by atoms with Gasteiger partial charge in [0.1, 0.15) is 0 Å². The number of anilines is 1. The van der Waals surface area contributed by atoms with Crippen molar-refractivity contribution < 1.29 is 9.84 Å². The monoisotopic (exact) mass is 249 g/mol. The van der Waals surface area contributed by atoms with Crippen LogP contribution in [0.15, 0.2) is 24.3 Å². The minimum absolute atomic E-state index is 0.340. The molecule has 3 heteroatoms. The molecule has 0 aromatic heterocycles. The molecule has 0 unspecified atom stereocenters. The maximum Gasteiger partial charge on any atom is 0.0787 e. The third-order valence-corrected chi connectivity index (χ3v) is 3.81. The first-order valence-electron chi connectivity index (χ1n) is 6.81. The van der Waals surface area contributed by atoms with E-state index < -0.39 is 0 Å². The van der Waals surface area contributed by atoms with E-state index in [1.54, 1.807) is 0 Å². The van der Waals surface area contributed by atoms with Crippen LogP contribution < -0.4 is 4.90 Å². The van der Waals surface area contributed by atoms with E-state index >= 15 is 0 Å². The van der Waals surface area contributed by atoms with Crippen molar-refractivity contribution in [2.75, 3.05) is 25.2 Å². The first-order chi connectivity index (χ1) is 8.72. The second kappa shape index (κ2) is 6.21. The molecule has 1 atom stereocenters. The molecule has 1 aliphatic heterocycles. The first kappa shape index (κ1) is 13.4. The molecule has 1 aliphatic rings. The molecule has 0 amide bonds. The fraction of sp³-hybridized carbons (Fsp3) is 0.600. The largest absolute Gasteiger partial charge is 0.388 e. The lowest BCUT2D eigenvalue weighted by Crippen LogP contribution is -2.36. The van der Waals surface area contributed by atoms with E-state index in [4.69, 9.17) is 4.74 Å². The van der Waals surface area contributed by atoms with Crippen molar-refractivity contribution >= 4 is 5.69 Å². The van der Waals surface area contributed by atoms with E-state index in [1.807, 2.05) is 19.1 Å². The highest BCUT2D eigenvalue weighted by Gasteiger charge is 2.18. The highest BCUT2D eigenvalue weighted by atomic mass is 16.5. The molecule has 100 valence electrons. The summed E-state index contributed by atoms with van der Waals surface area (Å²) in [6.07, 6.45) is 2.60. The standard InChI is InChI=1S/C15H23NO2/c1-3-15(17)12-4-6-13(7-5-12)16(2)14-8-10-18-11-9-14/h4-7,14-15,17H,3,8-11H2,1-2H3/t15-/m0/s1. The molecule has 0 aliphatic carbocycles. The van der Waals surface area contributed by atoms with Crippen molar-refractivity contribution in [1.82, 2.24) is 0 Å². The van der Waals surface area contributed by atoms with Gasteiger partial charge in [-0.2, -0.15) is 0 Å². The lowest BCUT2D eigenvalue weighted by atomic mass is 10.0. The van der Waals surface area contributed by atoms with Crippen LogP contribution in [0.3, 0.4) is 0 Å². The van der Waals surface area contributed by atoms with Gasteiger partial charge in [-0.05, 0) is 37.0 Å². The lowest BCUT2D eigenvalue weighted by Gasteiger charge is -2.33. The van der Waals surface area contributed by atoms with Gasteiger partial charge in [0.15, 0.2) is 0 Å². The third-order valence-electron chi connectivity index (χ3n) is 3.81. The van der Waals surface area contributed by atoms with Gasteiger partial charge in [-0.25, -0.2) is 0 Å². The Labute approximate surface area is 109 Å². The Balaban J connectivity index is 2.03. The first-order valence-corrected chi connectivity index (χ1v) is 6.81. The maximum absolute atomic E-state index is 9.78. The molecule has 0 bridgehead atoms. The molecule has 0 saturated carbocycles. The molecule has 1 aromatic rings. The van der Waals surface area contributed by atoms with Crippen LogP contribution in [0.5, 0.6) is 0 Å². The minimum atomic E-state index is -0.340. The fourth-order valence-corrected chi connectivity index (χ4v) is 2.45. The Morgan fingerprint density at radius 3 is 2.44 bits per heavy atom. The predicted octanol–water partition coefficient (Wildman–Crippen LogP) is 2.75. The number of benzene rings is 1. The van der Waals surface area contributed by atoms with E-state index in [9.17, 15) is 5.11 Å². The lowest BCUT2D eigenvalue weighted by molar-refractivity contribution is 0.0855. The Bertz CT molecular complexity index is 357. The van der Waals surface area contributed by atoms with E-state index in [1.165, 1.54) is 5.69 Å². The van der Waals surface area contributed by atoms with Gasteiger partial charge < -0.3 is 14.7 Å². The number of rotatable bonds is 4. The topological polar surface area (TPSA) is 32.7 Å². The van der Waals surface area contributed by atoms with Crippen molar-refractivity contribution in [2.24, 2.45) is 0 Å². The molecule has 1 fully saturated rings. The highest BCUT2D eigenvalue weighted by molar-refractivity contribution is 5.48. The SMILES string of the molecule is CC[C@H](O)c1ccc(N(C)C2CCOCC2)cc1. The van der Waals surface area contributed by atoms with Gasteiger partial charge in [-0.1, -0.05) is 19.1 Å². The zero-order valence-corrected chi connectivity index (χ0v) is 11.3. The second-order valence-electron chi connectivity index (χ2n) is 4.97. The minimum Gasteiger partial charge on any atom is -0.388 e. The van der Waals surface area contributed by atoms with Crippen LogP contribution >= 0.6 is 0 Å². The summed E-state index contributed by atoms with van der Waals surface area (Å²) in [4.78, 5) is 2.32. The smallest absolute Gasteiger partial charge is 0.0787 e. The van der Waals surface area contributed by atoms with E-state index in [-0.39, 0.29) is 6.10 Å². The summed E-state index contributed by atoms with van der Waals surface area (Å²) in [7, 11) is 2.14. The van der Waals surface area contributed by atoms with Gasteiger partial charge in [-0.15, -0.1) is 0 Å². The molecule has 1 heterocycles. The van der Waals surface area contributed by atoms with Crippen LogP contribution in [0.4, 0.5) is 5.69 Å². The summed E-state index contributed by atoms with van der Waals surface area (Å²) in [5, 5.41) is 9.78. The van der Waals surface area contributed by atoms with Crippen molar-refractivity contribution in [2.45, 2.75) is 38.3 Å². The van der Waals surface area contributed by atoms with Crippen LogP contribution in [-0.4, -0.2) is 31.4 Å². The molecule has 0 spiro atoms.